The number of nitrogens with one attached hydrogen (secondary N) is 1. The minimum atomic E-state index is -5.02. The predicted molar refractivity (Wildman–Crippen MR) is 108 cm³/mol. The summed E-state index contributed by atoms with van der Waals surface area (Å²) in [6.07, 6.45) is -6.28. The van der Waals surface area contributed by atoms with E-state index in [0.29, 0.717) is 5.56 Å². The zero-order chi connectivity index (χ0) is 21.4. The number of anilines is 1. The predicted octanol–water partition coefficient (Wildman–Crippen LogP) is 5.87. The van der Waals surface area contributed by atoms with Gasteiger partial charge in [0.05, 0.1) is 5.69 Å². The van der Waals surface area contributed by atoms with Crippen LogP contribution in [0.3, 0.4) is 0 Å². The molecule has 1 atom stereocenters. The highest BCUT2D eigenvalue weighted by Gasteiger charge is 2.62. The van der Waals surface area contributed by atoms with Crippen LogP contribution in [0.2, 0.25) is 5.02 Å². The molecule has 0 aliphatic carbocycles. The van der Waals surface area contributed by atoms with Crippen LogP contribution in [0.4, 0.5) is 23.7 Å². The van der Waals surface area contributed by atoms with Gasteiger partial charge in [0, 0.05) is 16.1 Å². The number of ether oxygens (including phenoxy) is 1. The lowest BCUT2D eigenvalue weighted by Gasteiger charge is -2.35. The molecule has 30 heavy (non-hydrogen) atoms. The standard InChI is InChI=1S/C23H11ClF3NO2/c24-17-11-12-20-19(14-17)22(23(25,26)27,30-21(29)28-20)13-4-3-7-16-9-5-8-15-6-1-2-10-18(15)16/h1-2,5-6,8-12,14H,(H,28,29)/t22-/m0/s1. The highest BCUT2D eigenvalue weighted by Crippen LogP contribution is 2.47. The Morgan fingerprint density at radius 2 is 1.77 bits per heavy atom. The maximum atomic E-state index is 14.0. The minimum Gasteiger partial charge on any atom is -0.415 e. The van der Waals surface area contributed by atoms with E-state index in [0.717, 1.165) is 16.8 Å². The Hall–Kier alpha value is -3.61. The lowest BCUT2D eigenvalue weighted by Crippen LogP contribution is -2.49. The quantitative estimate of drug-likeness (QED) is 0.457. The Morgan fingerprint density at radius 3 is 2.57 bits per heavy atom. The molecule has 0 spiro atoms. The molecule has 3 aromatic carbocycles. The van der Waals surface area contributed by atoms with Crippen LogP contribution < -0.4 is 5.32 Å². The summed E-state index contributed by atoms with van der Waals surface area (Å²) in [6, 6.07) is 16.6. The molecule has 0 saturated carbocycles. The monoisotopic (exact) mass is 425 g/mol. The molecule has 148 valence electrons. The van der Waals surface area contributed by atoms with E-state index in [2.05, 4.69) is 27.8 Å². The number of cyclic esters (lactones) is 1. The van der Waals surface area contributed by atoms with Crippen molar-refractivity contribution in [3.05, 3.63) is 76.8 Å². The van der Waals surface area contributed by atoms with Crippen molar-refractivity contribution in [2.75, 3.05) is 5.32 Å². The van der Waals surface area contributed by atoms with Crippen molar-refractivity contribution in [2.45, 2.75) is 11.8 Å². The zero-order valence-corrected chi connectivity index (χ0v) is 15.9. The van der Waals surface area contributed by atoms with Gasteiger partial charge in [0.25, 0.3) is 5.60 Å². The van der Waals surface area contributed by atoms with Crippen molar-refractivity contribution in [3.63, 3.8) is 0 Å². The van der Waals surface area contributed by atoms with Crippen LogP contribution in [0.5, 0.6) is 0 Å². The van der Waals surface area contributed by atoms with Gasteiger partial charge in [-0.15, -0.1) is 0 Å². The van der Waals surface area contributed by atoms with Crippen molar-refractivity contribution in [3.8, 4) is 23.7 Å². The van der Waals surface area contributed by atoms with Crippen LogP contribution in [0.25, 0.3) is 10.8 Å². The summed E-state index contributed by atoms with van der Waals surface area (Å²) in [5.74, 6) is 9.45. The second-order valence-corrected chi connectivity index (χ2v) is 6.85. The minimum absolute atomic E-state index is 0.0470. The molecule has 1 aliphatic rings. The van der Waals surface area contributed by atoms with Gasteiger partial charge in [-0.05, 0) is 52.8 Å². The molecule has 1 N–H and O–H groups in total. The first-order valence-electron chi connectivity index (χ1n) is 8.68. The summed E-state index contributed by atoms with van der Waals surface area (Å²) in [5.41, 5.74) is -3.04. The second-order valence-electron chi connectivity index (χ2n) is 6.41. The van der Waals surface area contributed by atoms with Crippen molar-refractivity contribution in [1.29, 1.82) is 0 Å². The first-order chi connectivity index (χ1) is 14.3. The van der Waals surface area contributed by atoms with Crippen molar-refractivity contribution in [1.82, 2.24) is 0 Å². The SMILES string of the molecule is O=C1Nc2ccc(Cl)cc2[C@@](C#CC#Cc2cccc3ccccc23)(C(F)(F)F)O1. The zero-order valence-electron chi connectivity index (χ0n) is 15.1. The van der Waals surface area contributed by atoms with Crippen molar-refractivity contribution < 1.29 is 22.7 Å². The average Bonchev–Trinajstić information content (AvgIpc) is 2.70. The molecular weight excluding hydrogens is 415 g/mol. The Balaban J connectivity index is 1.82. The van der Waals surface area contributed by atoms with Gasteiger partial charge in [0.2, 0.25) is 0 Å². The second kappa shape index (κ2) is 7.33. The van der Waals surface area contributed by atoms with Gasteiger partial charge in [-0.3, -0.25) is 5.32 Å². The molecule has 1 aliphatic heterocycles. The number of benzene rings is 3. The molecule has 4 rings (SSSR count). The number of hydrogen-bond donors (Lipinski definition) is 1. The van der Waals surface area contributed by atoms with Crippen LogP contribution in [0.1, 0.15) is 11.1 Å². The smallest absolute Gasteiger partial charge is 0.415 e. The average molecular weight is 426 g/mol. The fourth-order valence-electron chi connectivity index (χ4n) is 3.17. The Kier molecular flexibility index (Phi) is 4.81. The highest BCUT2D eigenvalue weighted by molar-refractivity contribution is 6.30. The van der Waals surface area contributed by atoms with Crippen LogP contribution >= 0.6 is 11.6 Å². The van der Waals surface area contributed by atoms with Gasteiger partial charge < -0.3 is 4.74 Å². The molecule has 7 heteroatoms. The summed E-state index contributed by atoms with van der Waals surface area (Å²) in [6.45, 7) is 0. The number of rotatable bonds is 0. The van der Waals surface area contributed by atoms with E-state index in [1.54, 1.807) is 12.1 Å². The van der Waals surface area contributed by atoms with Crippen LogP contribution in [-0.2, 0) is 10.3 Å². The molecule has 0 fully saturated rings. The summed E-state index contributed by atoms with van der Waals surface area (Å²) >= 11 is 5.88. The largest absolute Gasteiger partial charge is 0.445 e. The molecule has 0 saturated heterocycles. The van der Waals surface area contributed by atoms with E-state index < -0.39 is 23.4 Å². The summed E-state index contributed by atoms with van der Waals surface area (Å²) in [4.78, 5) is 11.8. The number of hydrogen-bond acceptors (Lipinski definition) is 2. The van der Waals surface area contributed by atoms with Crippen LogP contribution in [-0.4, -0.2) is 12.3 Å². The fraction of sp³-hybridized carbons (Fsp3) is 0.0870. The van der Waals surface area contributed by atoms with Crippen molar-refractivity contribution in [2.24, 2.45) is 0 Å². The first-order valence-corrected chi connectivity index (χ1v) is 9.06. The topological polar surface area (TPSA) is 38.3 Å². The molecule has 0 bridgehead atoms. The van der Waals surface area contributed by atoms with Gasteiger partial charge in [-0.1, -0.05) is 53.9 Å². The highest BCUT2D eigenvalue weighted by atomic mass is 35.5. The first kappa shape index (κ1) is 19.7. The normalized spacial score (nSPS) is 17.5. The third kappa shape index (κ3) is 3.43. The number of fused-ring (bicyclic) bond motifs is 2. The maximum absolute atomic E-state index is 14.0. The van der Waals surface area contributed by atoms with Crippen molar-refractivity contribution >= 4 is 34.2 Å². The third-order valence-corrected chi connectivity index (χ3v) is 4.77. The van der Waals surface area contributed by atoms with E-state index in [1.807, 2.05) is 36.3 Å². The maximum Gasteiger partial charge on any atom is 0.445 e. The van der Waals surface area contributed by atoms with Gasteiger partial charge in [0.15, 0.2) is 0 Å². The molecule has 0 aromatic heterocycles. The summed E-state index contributed by atoms with van der Waals surface area (Å²) in [7, 11) is 0. The van der Waals surface area contributed by atoms with Gasteiger partial charge in [0.1, 0.15) is 0 Å². The van der Waals surface area contributed by atoms with Gasteiger partial charge in [-0.25, -0.2) is 4.79 Å². The van der Waals surface area contributed by atoms with Gasteiger partial charge in [-0.2, -0.15) is 13.2 Å². The number of halogens is 4. The lowest BCUT2D eigenvalue weighted by atomic mass is 9.90. The molecule has 3 aromatic rings. The molecular formula is C23H11ClF3NO2. The Morgan fingerprint density at radius 1 is 1.00 bits per heavy atom. The number of alkyl halides is 3. The summed E-state index contributed by atoms with van der Waals surface area (Å²) < 4.78 is 46.8. The van der Waals surface area contributed by atoms with E-state index in [9.17, 15) is 18.0 Å². The van der Waals surface area contributed by atoms with E-state index in [-0.39, 0.29) is 10.7 Å². The van der Waals surface area contributed by atoms with E-state index in [4.69, 9.17) is 11.6 Å². The Bertz CT molecular complexity index is 1290. The number of carbonyl (C=O) groups excluding carboxylic acids is 1. The Labute approximate surface area is 174 Å². The number of carbonyl (C=O) groups is 1. The van der Waals surface area contributed by atoms with Crippen LogP contribution in [0, 0.1) is 23.7 Å². The lowest BCUT2D eigenvalue weighted by molar-refractivity contribution is -0.239. The fourth-order valence-corrected chi connectivity index (χ4v) is 3.34. The van der Waals surface area contributed by atoms with E-state index >= 15 is 0 Å². The molecule has 1 heterocycles. The molecule has 1 amide bonds. The van der Waals surface area contributed by atoms with E-state index in [1.165, 1.54) is 12.1 Å². The van der Waals surface area contributed by atoms with Crippen LogP contribution in [0.15, 0.2) is 60.7 Å². The summed E-state index contributed by atoms with van der Waals surface area (Å²) in [5, 5.41) is 4.07. The molecule has 3 nitrogen and oxygen atoms in total. The number of amides is 1. The van der Waals surface area contributed by atoms with Gasteiger partial charge >= 0.3 is 12.3 Å². The third-order valence-electron chi connectivity index (χ3n) is 4.53. The molecule has 0 unspecified atom stereocenters. The molecule has 0 radical (unpaired) electrons.